The van der Waals surface area contributed by atoms with Crippen molar-refractivity contribution in [2.24, 2.45) is 29.6 Å². The molecule has 4 fully saturated rings. The van der Waals surface area contributed by atoms with Gasteiger partial charge < -0.3 is 0 Å². The first-order valence-electron chi connectivity index (χ1n) is 9.39. The second-order valence-electron chi connectivity index (χ2n) is 7.89. The van der Waals surface area contributed by atoms with Crippen LogP contribution in [0.25, 0.3) is 0 Å². The molecule has 1 heterocycles. The van der Waals surface area contributed by atoms with Gasteiger partial charge in [-0.25, -0.2) is 5.43 Å². The number of nitrogens with one attached hydrogen (secondary N) is 1. The third-order valence-corrected chi connectivity index (χ3v) is 6.94. The Balaban J connectivity index is 1.60. The number of unbranched alkanes of at least 4 members (excludes halogenated alkanes) is 1. The molecule has 0 spiro atoms. The van der Waals surface area contributed by atoms with Crippen molar-refractivity contribution in [2.75, 3.05) is 6.54 Å². The Morgan fingerprint density at radius 1 is 1.05 bits per heavy atom. The zero-order valence-corrected chi connectivity index (χ0v) is 13.4. The molecule has 0 aromatic heterocycles. The van der Waals surface area contributed by atoms with Crippen molar-refractivity contribution in [1.29, 1.82) is 0 Å². The number of fused-ring (bicyclic) bond motifs is 3. The molecule has 3 aliphatic carbocycles. The maximum absolute atomic E-state index is 12.9. The van der Waals surface area contributed by atoms with Gasteiger partial charge in [-0.15, -0.1) is 0 Å². The molecular formula is C18H30N2O. The summed E-state index contributed by atoms with van der Waals surface area (Å²) < 4.78 is 0. The molecule has 0 aromatic carbocycles. The Kier molecular flexibility index (Phi) is 3.72. The number of carbonyl (C=O) groups excluding carboxylic acids is 1. The number of hydrogen-bond donors (Lipinski definition) is 1. The van der Waals surface area contributed by atoms with E-state index < -0.39 is 0 Å². The minimum absolute atomic E-state index is 0.345. The van der Waals surface area contributed by atoms with Crippen LogP contribution in [0, 0.1) is 29.6 Å². The molecule has 1 N–H and O–H groups in total. The molecule has 118 valence electrons. The zero-order chi connectivity index (χ0) is 14.4. The maximum atomic E-state index is 12.9. The Morgan fingerprint density at radius 2 is 1.81 bits per heavy atom. The summed E-state index contributed by atoms with van der Waals surface area (Å²) in [5.41, 5.74) is 3.71. The molecule has 0 aromatic rings. The first-order valence-corrected chi connectivity index (χ1v) is 9.39. The minimum Gasteiger partial charge on any atom is -0.278 e. The van der Waals surface area contributed by atoms with Crippen molar-refractivity contribution in [3.8, 4) is 0 Å². The van der Waals surface area contributed by atoms with Crippen molar-refractivity contribution in [1.82, 2.24) is 10.4 Å². The monoisotopic (exact) mass is 290 g/mol. The molecule has 4 aliphatic rings. The Labute approximate surface area is 128 Å². The van der Waals surface area contributed by atoms with Gasteiger partial charge in [0.25, 0.3) is 0 Å². The van der Waals surface area contributed by atoms with Crippen molar-refractivity contribution < 1.29 is 4.79 Å². The average Bonchev–Trinajstić information content (AvgIpc) is 2.85. The van der Waals surface area contributed by atoms with Crippen LogP contribution in [0.5, 0.6) is 0 Å². The summed E-state index contributed by atoms with van der Waals surface area (Å²) in [6.07, 6.45) is 11.8. The standard InChI is InChI=1S/C18H30N2O/c1-2-3-11-20-18(21)15-10-6-9-13-12-7-4-5-8-14(12)17(19-20)16(13)15/h12-17,19H,2-11H2,1H3. The first-order chi connectivity index (χ1) is 10.3. The predicted molar refractivity (Wildman–Crippen MR) is 83.3 cm³/mol. The molecule has 0 radical (unpaired) electrons. The largest absolute Gasteiger partial charge is 0.278 e. The number of carbonyl (C=O) groups is 1. The van der Waals surface area contributed by atoms with Crippen molar-refractivity contribution in [2.45, 2.75) is 70.8 Å². The lowest BCUT2D eigenvalue weighted by Gasteiger charge is -2.46. The summed E-state index contributed by atoms with van der Waals surface area (Å²) in [5, 5.41) is 2.02. The lowest BCUT2D eigenvalue weighted by Crippen LogP contribution is -2.62. The van der Waals surface area contributed by atoms with Crippen LogP contribution < -0.4 is 5.43 Å². The van der Waals surface area contributed by atoms with Gasteiger partial charge in [-0.2, -0.15) is 0 Å². The van der Waals surface area contributed by atoms with E-state index in [9.17, 15) is 4.79 Å². The molecule has 4 rings (SSSR count). The Hall–Kier alpha value is -0.570. The third kappa shape index (κ3) is 2.15. The molecule has 21 heavy (non-hydrogen) atoms. The van der Waals surface area contributed by atoms with E-state index in [1.165, 1.54) is 44.9 Å². The van der Waals surface area contributed by atoms with Gasteiger partial charge in [0.1, 0.15) is 0 Å². The summed E-state index contributed by atoms with van der Waals surface area (Å²) in [6, 6.07) is 0.611. The smallest absolute Gasteiger partial charge is 0.240 e. The second-order valence-corrected chi connectivity index (χ2v) is 7.89. The highest BCUT2D eigenvalue weighted by molar-refractivity contribution is 5.80. The summed E-state index contributed by atoms with van der Waals surface area (Å²) in [7, 11) is 0. The van der Waals surface area contributed by atoms with E-state index in [2.05, 4.69) is 12.3 Å². The molecular weight excluding hydrogens is 260 g/mol. The van der Waals surface area contributed by atoms with Crippen molar-refractivity contribution in [3.63, 3.8) is 0 Å². The first kappa shape index (κ1) is 14.0. The molecule has 1 saturated heterocycles. The second kappa shape index (κ2) is 5.57. The SMILES string of the molecule is CCCCN1NC2C3CCCCC3C3CCCC(C1=O)C32. The van der Waals surface area contributed by atoms with Crippen molar-refractivity contribution >= 4 is 5.91 Å². The van der Waals surface area contributed by atoms with Gasteiger partial charge >= 0.3 is 0 Å². The lowest BCUT2D eigenvalue weighted by molar-refractivity contribution is -0.151. The fourth-order valence-electron chi connectivity index (χ4n) is 6.13. The van der Waals surface area contributed by atoms with Gasteiger partial charge in [-0.3, -0.25) is 9.80 Å². The fourth-order valence-corrected chi connectivity index (χ4v) is 6.13. The van der Waals surface area contributed by atoms with Crippen LogP contribution in [0.2, 0.25) is 0 Å². The summed E-state index contributed by atoms with van der Waals surface area (Å²) in [5.74, 6) is 4.06. The maximum Gasteiger partial charge on any atom is 0.240 e. The minimum atomic E-state index is 0.345. The van der Waals surface area contributed by atoms with Crippen LogP contribution in [0.4, 0.5) is 0 Å². The molecule has 3 heteroatoms. The van der Waals surface area contributed by atoms with Gasteiger partial charge in [0.2, 0.25) is 5.91 Å². The summed E-state index contributed by atoms with van der Waals surface area (Å²) in [6.45, 7) is 3.12. The highest BCUT2D eigenvalue weighted by atomic mass is 16.2. The topological polar surface area (TPSA) is 32.3 Å². The van der Waals surface area contributed by atoms with E-state index >= 15 is 0 Å². The quantitative estimate of drug-likeness (QED) is 0.864. The van der Waals surface area contributed by atoms with E-state index in [0.29, 0.717) is 23.8 Å². The van der Waals surface area contributed by atoms with Crippen LogP contribution in [-0.4, -0.2) is 23.5 Å². The Bertz CT molecular complexity index is 410. The molecule has 0 bridgehead atoms. The van der Waals surface area contributed by atoms with E-state index in [0.717, 1.165) is 37.1 Å². The highest BCUT2D eigenvalue weighted by Crippen LogP contribution is 2.57. The molecule has 6 unspecified atom stereocenters. The molecule has 1 amide bonds. The highest BCUT2D eigenvalue weighted by Gasteiger charge is 2.58. The van der Waals surface area contributed by atoms with Crippen molar-refractivity contribution in [3.05, 3.63) is 0 Å². The van der Waals surface area contributed by atoms with Crippen LogP contribution in [0.15, 0.2) is 0 Å². The predicted octanol–water partition coefficient (Wildman–Crippen LogP) is 3.35. The number of hydrazine groups is 1. The number of nitrogens with zero attached hydrogens (tertiary/aromatic N) is 1. The normalized spacial score (nSPS) is 45.4. The average molecular weight is 290 g/mol. The molecule has 1 aliphatic heterocycles. The van der Waals surface area contributed by atoms with E-state index in [-0.39, 0.29) is 0 Å². The van der Waals surface area contributed by atoms with Gasteiger partial charge in [0.15, 0.2) is 0 Å². The number of hydrogen-bond acceptors (Lipinski definition) is 2. The molecule has 3 nitrogen and oxygen atoms in total. The van der Waals surface area contributed by atoms with Gasteiger partial charge in [0.05, 0.1) is 0 Å². The molecule has 6 atom stereocenters. The Morgan fingerprint density at radius 3 is 2.62 bits per heavy atom. The van der Waals surface area contributed by atoms with Crippen LogP contribution >= 0.6 is 0 Å². The van der Waals surface area contributed by atoms with E-state index in [4.69, 9.17) is 0 Å². The third-order valence-electron chi connectivity index (χ3n) is 6.94. The molecule has 3 saturated carbocycles. The summed E-state index contributed by atoms with van der Waals surface area (Å²) >= 11 is 0. The van der Waals surface area contributed by atoms with Crippen LogP contribution in [0.1, 0.15) is 64.7 Å². The van der Waals surface area contributed by atoms with Gasteiger partial charge in [-0.1, -0.05) is 32.6 Å². The van der Waals surface area contributed by atoms with Crippen LogP contribution in [0.3, 0.4) is 0 Å². The lowest BCUT2D eigenvalue weighted by atomic mass is 9.68. The van der Waals surface area contributed by atoms with Crippen LogP contribution in [-0.2, 0) is 4.79 Å². The van der Waals surface area contributed by atoms with E-state index in [1.807, 2.05) is 5.01 Å². The van der Waals surface area contributed by atoms with E-state index in [1.54, 1.807) is 0 Å². The van der Waals surface area contributed by atoms with Gasteiger partial charge in [0, 0.05) is 18.5 Å². The number of rotatable bonds is 3. The fraction of sp³-hybridized carbons (Fsp3) is 0.944. The van der Waals surface area contributed by atoms with Gasteiger partial charge in [-0.05, 0) is 55.8 Å². The summed E-state index contributed by atoms with van der Waals surface area (Å²) in [4.78, 5) is 12.9. The number of amides is 1. The zero-order valence-electron chi connectivity index (χ0n) is 13.4.